The summed E-state index contributed by atoms with van der Waals surface area (Å²) in [6.07, 6.45) is 0. The van der Waals surface area contributed by atoms with Crippen LogP contribution in [0.1, 0.15) is 21.7 Å². The van der Waals surface area contributed by atoms with Gasteiger partial charge in [-0.15, -0.1) is 0 Å². The van der Waals surface area contributed by atoms with Crippen LogP contribution < -0.4 is 16.0 Å². The molecule has 1 heterocycles. The normalized spacial score (nSPS) is 10.0. The van der Waals surface area contributed by atoms with Gasteiger partial charge in [-0.25, -0.2) is 4.79 Å². The van der Waals surface area contributed by atoms with Crippen LogP contribution in [0.3, 0.4) is 0 Å². The van der Waals surface area contributed by atoms with Crippen molar-refractivity contribution in [3.63, 3.8) is 0 Å². The number of aromatic nitrogens is 2. The van der Waals surface area contributed by atoms with Gasteiger partial charge >= 0.3 is 6.03 Å². The van der Waals surface area contributed by atoms with E-state index in [-0.39, 0.29) is 11.9 Å². The number of hydrogen-bond acceptors (Lipinski definition) is 3. The van der Waals surface area contributed by atoms with E-state index in [1.54, 1.807) is 45.2 Å². The first-order valence-corrected chi connectivity index (χ1v) is 6.43. The summed E-state index contributed by atoms with van der Waals surface area (Å²) in [6.45, 7) is 3.57. The Hall–Kier alpha value is -2.83. The molecule has 0 fully saturated rings. The number of hydrogen-bond donors (Lipinski definition) is 4. The van der Waals surface area contributed by atoms with Gasteiger partial charge < -0.3 is 16.0 Å². The molecule has 2 rings (SSSR count). The lowest BCUT2D eigenvalue weighted by Crippen LogP contribution is -2.24. The lowest BCUT2D eigenvalue weighted by atomic mass is 10.2. The van der Waals surface area contributed by atoms with Crippen molar-refractivity contribution in [1.82, 2.24) is 15.5 Å². The van der Waals surface area contributed by atoms with Crippen LogP contribution in [0.15, 0.2) is 24.3 Å². The lowest BCUT2D eigenvalue weighted by molar-refractivity contribution is 0.102. The molecule has 0 atom stereocenters. The van der Waals surface area contributed by atoms with Crippen molar-refractivity contribution in [3.8, 4) is 0 Å². The molecular weight excluding hydrogens is 270 g/mol. The van der Waals surface area contributed by atoms with E-state index in [1.165, 1.54) is 0 Å². The van der Waals surface area contributed by atoms with E-state index < -0.39 is 0 Å². The van der Waals surface area contributed by atoms with Crippen molar-refractivity contribution in [2.75, 3.05) is 17.7 Å². The first-order chi connectivity index (χ1) is 10.0. The minimum absolute atomic E-state index is 0.217. The number of nitrogens with zero attached hydrogens (tertiary/aromatic N) is 1. The van der Waals surface area contributed by atoms with Crippen LogP contribution in [0.25, 0.3) is 0 Å². The fourth-order valence-electron chi connectivity index (χ4n) is 1.91. The molecule has 21 heavy (non-hydrogen) atoms. The average molecular weight is 287 g/mol. The van der Waals surface area contributed by atoms with E-state index >= 15 is 0 Å². The van der Waals surface area contributed by atoms with Gasteiger partial charge in [-0.05, 0) is 38.1 Å². The predicted molar refractivity (Wildman–Crippen MR) is 80.5 cm³/mol. The Bertz CT molecular complexity index is 641. The fraction of sp³-hybridized carbons (Fsp3) is 0.214. The molecule has 0 bridgehead atoms. The topological polar surface area (TPSA) is 98.9 Å². The molecule has 0 aliphatic heterocycles. The number of H-pyrrole nitrogens is 1. The van der Waals surface area contributed by atoms with Crippen LogP contribution in [-0.4, -0.2) is 29.2 Å². The number of carbonyl (C=O) groups excluding carboxylic acids is 2. The third kappa shape index (κ3) is 3.38. The van der Waals surface area contributed by atoms with Gasteiger partial charge in [-0.1, -0.05) is 0 Å². The van der Waals surface area contributed by atoms with Crippen molar-refractivity contribution < 1.29 is 9.59 Å². The summed E-state index contributed by atoms with van der Waals surface area (Å²) in [5.41, 5.74) is 3.21. The van der Waals surface area contributed by atoms with E-state index in [0.717, 1.165) is 5.69 Å². The molecule has 0 spiro atoms. The van der Waals surface area contributed by atoms with Crippen molar-refractivity contribution in [1.29, 1.82) is 0 Å². The number of amides is 3. The zero-order chi connectivity index (χ0) is 15.4. The molecule has 7 nitrogen and oxygen atoms in total. The molecule has 1 aromatic heterocycles. The van der Waals surface area contributed by atoms with Gasteiger partial charge in [0, 0.05) is 24.1 Å². The zero-order valence-electron chi connectivity index (χ0n) is 12.1. The van der Waals surface area contributed by atoms with Crippen LogP contribution in [0.2, 0.25) is 0 Å². The SMILES string of the molecule is CNC(=O)Nc1ccc(NC(=O)c2c(C)n[nH]c2C)cc1. The van der Waals surface area contributed by atoms with Gasteiger partial charge in [0.1, 0.15) is 0 Å². The number of aromatic amines is 1. The average Bonchev–Trinajstić information content (AvgIpc) is 2.80. The Balaban J connectivity index is 2.07. The van der Waals surface area contributed by atoms with Crippen LogP contribution in [0.4, 0.5) is 16.2 Å². The van der Waals surface area contributed by atoms with Crippen molar-refractivity contribution in [3.05, 3.63) is 41.2 Å². The molecule has 0 unspecified atom stereocenters. The van der Waals surface area contributed by atoms with Gasteiger partial charge in [-0.2, -0.15) is 5.10 Å². The van der Waals surface area contributed by atoms with Crippen molar-refractivity contribution in [2.24, 2.45) is 0 Å². The first-order valence-electron chi connectivity index (χ1n) is 6.43. The van der Waals surface area contributed by atoms with E-state index in [1.807, 2.05) is 0 Å². The molecule has 4 N–H and O–H groups in total. The van der Waals surface area contributed by atoms with E-state index in [2.05, 4.69) is 26.1 Å². The van der Waals surface area contributed by atoms with Crippen LogP contribution in [0, 0.1) is 13.8 Å². The van der Waals surface area contributed by atoms with E-state index in [9.17, 15) is 9.59 Å². The smallest absolute Gasteiger partial charge is 0.318 e. The number of rotatable bonds is 3. The summed E-state index contributed by atoms with van der Waals surface area (Å²) >= 11 is 0. The largest absolute Gasteiger partial charge is 0.341 e. The molecule has 0 saturated heterocycles. The van der Waals surface area contributed by atoms with E-state index in [4.69, 9.17) is 0 Å². The second-order valence-corrected chi connectivity index (χ2v) is 4.54. The quantitative estimate of drug-likeness (QED) is 0.695. The highest BCUT2D eigenvalue weighted by Gasteiger charge is 2.15. The summed E-state index contributed by atoms with van der Waals surface area (Å²) in [7, 11) is 1.54. The molecular formula is C14H17N5O2. The summed E-state index contributed by atoms with van der Waals surface area (Å²) in [5, 5.41) is 14.7. The second-order valence-electron chi connectivity index (χ2n) is 4.54. The van der Waals surface area contributed by atoms with Crippen LogP contribution in [0.5, 0.6) is 0 Å². The van der Waals surface area contributed by atoms with Crippen molar-refractivity contribution in [2.45, 2.75) is 13.8 Å². The minimum atomic E-state index is -0.295. The number of anilines is 2. The van der Waals surface area contributed by atoms with Gasteiger partial charge in [0.15, 0.2) is 0 Å². The summed E-state index contributed by atoms with van der Waals surface area (Å²) in [4.78, 5) is 23.3. The van der Waals surface area contributed by atoms with E-state index in [0.29, 0.717) is 22.6 Å². The molecule has 3 amide bonds. The molecule has 1 aromatic carbocycles. The molecule has 0 aliphatic carbocycles. The number of benzene rings is 1. The fourth-order valence-corrected chi connectivity index (χ4v) is 1.91. The Kier molecular flexibility index (Phi) is 4.22. The first kappa shape index (κ1) is 14.6. The number of urea groups is 1. The Labute approximate surface area is 122 Å². The summed E-state index contributed by atoms with van der Waals surface area (Å²) < 4.78 is 0. The molecule has 7 heteroatoms. The van der Waals surface area contributed by atoms with Crippen molar-refractivity contribution >= 4 is 23.3 Å². The second kappa shape index (κ2) is 6.08. The Morgan fingerprint density at radius 2 is 1.62 bits per heavy atom. The molecule has 0 saturated carbocycles. The van der Waals surface area contributed by atoms with Crippen LogP contribution >= 0.6 is 0 Å². The Morgan fingerprint density at radius 1 is 1.05 bits per heavy atom. The number of carbonyl (C=O) groups is 2. The number of aryl methyl sites for hydroxylation is 2. The Morgan fingerprint density at radius 3 is 2.10 bits per heavy atom. The maximum Gasteiger partial charge on any atom is 0.318 e. The third-order valence-electron chi connectivity index (χ3n) is 2.98. The standard InChI is InChI=1S/C14H17N5O2/c1-8-12(9(2)19-18-8)13(20)16-10-4-6-11(7-5-10)17-14(21)15-3/h4-7H,1-3H3,(H,16,20)(H,18,19)(H2,15,17,21). The molecule has 110 valence electrons. The van der Waals surface area contributed by atoms with Gasteiger partial charge in [-0.3, -0.25) is 9.89 Å². The maximum absolute atomic E-state index is 12.2. The molecule has 2 aromatic rings. The zero-order valence-corrected chi connectivity index (χ0v) is 12.1. The van der Waals surface area contributed by atoms with Gasteiger partial charge in [0.05, 0.1) is 11.3 Å². The highest BCUT2D eigenvalue weighted by molar-refractivity contribution is 6.05. The maximum atomic E-state index is 12.2. The summed E-state index contributed by atoms with van der Waals surface area (Å²) in [5.74, 6) is -0.217. The van der Waals surface area contributed by atoms with Gasteiger partial charge in [0.25, 0.3) is 5.91 Å². The number of nitrogens with one attached hydrogen (secondary N) is 4. The van der Waals surface area contributed by atoms with Crippen LogP contribution in [-0.2, 0) is 0 Å². The van der Waals surface area contributed by atoms with Gasteiger partial charge in [0.2, 0.25) is 0 Å². The predicted octanol–water partition coefficient (Wildman–Crippen LogP) is 2.03. The summed E-state index contributed by atoms with van der Waals surface area (Å²) in [6, 6.07) is 6.55. The highest BCUT2D eigenvalue weighted by atomic mass is 16.2. The third-order valence-corrected chi connectivity index (χ3v) is 2.98. The lowest BCUT2D eigenvalue weighted by Gasteiger charge is -2.07. The highest BCUT2D eigenvalue weighted by Crippen LogP contribution is 2.16. The monoisotopic (exact) mass is 287 g/mol. The minimum Gasteiger partial charge on any atom is -0.341 e. The molecule has 0 radical (unpaired) electrons. The molecule has 0 aliphatic rings.